The molecule has 3 heteroatoms. The summed E-state index contributed by atoms with van der Waals surface area (Å²) in [7, 11) is 0. The number of hydrogen-bond donors (Lipinski definition) is 1. The number of carbonyl (C=O) groups is 1. The Hall–Kier alpha value is -2.13. The standard InChI is InChI=1S/C18H13BrO2/c1-11-9-10-15(19)17(18(20)21)16(11)14-8-4-6-12-5-2-3-7-13(12)14/h2-10H,1H3,(H,20,21). The van der Waals surface area contributed by atoms with Crippen LogP contribution in [-0.2, 0) is 0 Å². The summed E-state index contributed by atoms with van der Waals surface area (Å²) in [4.78, 5) is 11.7. The summed E-state index contributed by atoms with van der Waals surface area (Å²) in [6.07, 6.45) is 0. The average Bonchev–Trinajstić information content (AvgIpc) is 2.48. The molecule has 0 saturated heterocycles. The number of carboxylic acids is 1. The largest absolute Gasteiger partial charge is 0.478 e. The lowest BCUT2D eigenvalue weighted by molar-refractivity contribution is 0.0696. The fourth-order valence-corrected chi connectivity index (χ4v) is 3.18. The van der Waals surface area contributed by atoms with Crippen molar-refractivity contribution in [2.24, 2.45) is 0 Å². The number of hydrogen-bond acceptors (Lipinski definition) is 1. The summed E-state index contributed by atoms with van der Waals surface area (Å²) >= 11 is 3.36. The van der Waals surface area contributed by atoms with Gasteiger partial charge in [-0.25, -0.2) is 4.79 Å². The van der Waals surface area contributed by atoms with E-state index in [-0.39, 0.29) is 0 Å². The van der Waals surface area contributed by atoms with E-state index < -0.39 is 5.97 Å². The predicted molar refractivity (Wildman–Crippen MR) is 88.8 cm³/mol. The van der Waals surface area contributed by atoms with Crippen LogP contribution in [0.3, 0.4) is 0 Å². The van der Waals surface area contributed by atoms with E-state index >= 15 is 0 Å². The molecule has 0 unspecified atom stereocenters. The fraction of sp³-hybridized carbons (Fsp3) is 0.0556. The van der Waals surface area contributed by atoms with E-state index in [4.69, 9.17) is 0 Å². The van der Waals surface area contributed by atoms with Crippen LogP contribution in [0.5, 0.6) is 0 Å². The Bertz CT molecular complexity index is 848. The summed E-state index contributed by atoms with van der Waals surface area (Å²) in [5.41, 5.74) is 2.98. The van der Waals surface area contributed by atoms with Gasteiger partial charge < -0.3 is 5.11 Å². The van der Waals surface area contributed by atoms with Gasteiger partial charge in [0.1, 0.15) is 0 Å². The third-order valence-corrected chi connectivity index (χ3v) is 4.30. The zero-order chi connectivity index (χ0) is 15.0. The third-order valence-electron chi connectivity index (χ3n) is 3.64. The van der Waals surface area contributed by atoms with Gasteiger partial charge in [0.25, 0.3) is 0 Å². The maximum absolute atomic E-state index is 11.7. The second-order valence-corrected chi connectivity index (χ2v) is 5.80. The first-order valence-electron chi connectivity index (χ1n) is 6.60. The number of aromatic carboxylic acids is 1. The molecule has 3 rings (SSSR count). The average molecular weight is 341 g/mol. The van der Waals surface area contributed by atoms with E-state index in [1.165, 1.54) is 0 Å². The molecular formula is C18H13BrO2. The Morgan fingerprint density at radius 2 is 1.71 bits per heavy atom. The number of benzene rings is 3. The van der Waals surface area contributed by atoms with Crippen LogP contribution in [0, 0.1) is 6.92 Å². The molecule has 0 aliphatic carbocycles. The van der Waals surface area contributed by atoms with E-state index in [1.54, 1.807) is 6.07 Å². The van der Waals surface area contributed by atoms with Crippen LogP contribution in [-0.4, -0.2) is 11.1 Å². The molecule has 0 heterocycles. The maximum Gasteiger partial charge on any atom is 0.337 e. The third kappa shape index (κ3) is 2.34. The smallest absolute Gasteiger partial charge is 0.337 e. The van der Waals surface area contributed by atoms with Crippen molar-refractivity contribution < 1.29 is 9.90 Å². The van der Waals surface area contributed by atoms with Crippen molar-refractivity contribution in [1.82, 2.24) is 0 Å². The Morgan fingerprint density at radius 3 is 2.48 bits per heavy atom. The quantitative estimate of drug-likeness (QED) is 0.689. The van der Waals surface area contributed by atoms with Crippen molar-refractivity contribution in [3.8, 4) is 11.1 Å². The van der Waals surface area contributed by atoms with E-state index in [1.807, 2.05) is 55.5 Å². The second-order valence-electron chi connectivity index (χ2n) is 4.95. The van der Waals surface area contributed by atoms with Gasteiger partial charge in [-0.05, 0) is 50.8 Å². The van der Waals surface area contributed by atoms with Crippen LogP contribution >= 0.6 is 15.9 Å². The highest BCUT2D eigenvalue weighted by atomic mass is 79.9. The summed E-state index contributed by atoms with van der Waals surface area (Å²) in [5, 5.41) is 11.7. The summed E-state index contributed by atoms with van der Waals surface area (Å²) in [6.45, 7) is 1.94. The van der Waals surface area contributed by atoms with E-state index in [9.17, 15) is 9.90 Å². The van der Waals surface area contributed by atoms with Crippen LogP contribution in [0.15, 0.2) is 59.1 Å². The Kier molecular flexibility index (Phi) is 3.52. The molecule has 0 bridgehead atoms. The van der Waals surface area contributed by atoms with Gasteiger partial charge in [0.05, 0.1) is 5.56 Å². The SMILES string of the molecule is Cc1ccc(Br)c(C(=O)O)c1-c1cccc2ccccc12. The minimum absolute atomic E-state index is 0.311. The fourth-order valence-electron chi connectivity index (χ4n) is 2.68. The molecule has 0 atom stereocenters. The van der Waals surface area contributed by atoms with Gasteiger partial charge >= 0.3 is 5.97 Å². The van der Waals surface area contributed by atoms with Crippen molar-refractivity contribution in [1.29, 1.82) is 0 Å². The van der Waals surface area contributed by atoms with Crippen LogP contribution < -0.4 is 0 Å². The van der Waals surface area contributed by atoms with Crippen molar-refractivity contribution in [2.45, 2.75) is 6.92 Å². The number of aryl methyl sites for hydroxylation is 1. The first-order valence-corrected chi connectivity index (χ1v) is 7.39. The predicted octanol–water partition coefficient (Wildman–Crippen LogP) is 5.28. The molecule has 0 spiro atoms. The minimum Gasteiger partial charge on any atom is -0.478 e. The Labute approximate surface area is 131 Å². The summed E-state index contributed by atoms with van der Waals surface area (Å²) in [6, 6.07) is 17.7. The molecule has 3 aromatic rings. The molecule has 2 nitrogen and oxygen atoms in total. The Morgan fingerprint density at radius 1 is 1.00 bits per heavy atom. The molecule has 0 radical (unpaired) electrons. The van der Waals surface area contributed by atoms with Crippen LogP contribution in [0.2, 0.25) is 0 Å². The lowest BCUT2D eigenvalue weighted by Crippen LogP contribution is -2.03. The zero-order valence-electron chi connectivity index (χ0n) is 11.4. The highest BCUT2D eigenvalue weighted by molar-refractivity contribution is 9.10. The number of rotatable bonds is 2. The number of carboxylic acid groups (broad SMARTS) is 1. The van der Waals surface area contributed by atoms with Crippen molar-refractivity contribution >= 4 is 32.7 Å². The monoisotopic (exact) mass is 340 g/mol. The van der Waals surface area contributed by atoms with E-state index in [2.05, 4.69) is 15.9 Å². The van der Waals surface area contributed by atoms with Gasteiger partial charge in [0.2, 0.25) is 0 Å². The minimum atomic E-state index is -0.923. The molecule has 3 aromatic carbocycles. The van der Waals surface area contributed by atoms with Crippen molar-refractivity contribution in [3.63, 3.8) is 0 Å². The van der Waals surface area contributed by atoms with Gasteiger partial charge in [0, 0.05) is 10.0 Å². The topological polar surface area (TPSA) is 37.3 Å². The highest BCUT2D eigenvalue weighted by Crippen LogP contribution is 2.36. The van der Waals surface area contributed by atoms with Gasteiger partial charge in [-0.15, -0.1) is 0 Å². The highest BCUT2D eigenvalue weighted by Gasteiger charge is 2.19. The molecule has 21 heavy (non-hydrogen) atoms. The normalized spacial score (nSPS) is 10.8. The van der Waals surface area contributed by atoms with Crippen molar-refractivity contribution in [2.75, 3.05) is 0 Å². The molecule has 104 valence electrons. The zero-order valence-corrected chi connectivity index (χ0v) is 13.0. The van der Waals surface area contributed by atoms with Gasteiger partial charge in [-0.3, -0.25) is 0 Å². The van der Waals surface area contributed by atoms with Crippen LogP contribution in [0.25, 0.3) is 21.9 Å². The molecular weight excluding hydrogens is 328 g/mol. The second kappa shape index (κ2) is 5.34. The summed E-state index contributed by atoms with van der Waals surface area (Å²) < 4.78 is 0.600. The first-order chi connectivity index (χ1) is 10.1. The molecule has 0 aromatic heterocycles. The number of halogens is 1. The molecule has 1 N–H and O–H groups in total. The van der Waals surface area contributed by atoms with Gasteiger partial charge in [0.15, 0.2) is 0 Å². The number of fused-ring (bicyclic) bond motifs is 1. The lowest BCUT2D eigenvalue weighted by atomic mass is 9.91. The summed E-state index contributed by atoms with van der Waals surface area (Å²) in [5.74, 6) is -0.923. The molecule has 0 fully saturated rings. The maximum atomic E-state index is 11.7. The van der Waals surface area contributed by atoms with Crippen molar-refractivity contribution in [3.05, 3.63) is 70.2 Å². The molecule has 0 amide bonds. The molecule has 0 aliphatic rings. The van der Waals surface area contributed by atoms with E-state index in [0.717, 1.165) is 27.5 Å². The van der Waals surface area contributed by atoms with Gasteiger partial charge in [-0.2, -0.15) is 0 Å². The Balaban J connectivity index is 2.44. The first kappa shape index (κ1) is 13.8. The van der Waals surface area contributed by atoms with Crippen LogP contribution in [0.4, 0.5) is 0 Å². The molecule has 0 aliphatic heterocycles. The van der Waals surface area contributed by atoms with Crippen LogP contribution in [0.1, 0.15) is 15.9 Å². The lowest BCUT2D eigenvalue weighted by Gasteiger charge is -2.14. The molecule has 0 saturated carbocycles. The van der Waals surface area contributed by atoms with Gasteiger partial charge in [-0.1, -0.05) is 48.5 Å². The van der Waals surface area contributed by atoms with E-state index in [0.29, 0.717) is 10.0 Å².